The summed E-state index contributed by atoms with van der Waals surface area (Å²) >= 11 is 0. The molecule has 4 fully saturated rings. The van der Waals surface area contributed by atoms with Gasteiger partial charge in [0.05, 0.1) is 21.9 Å². The van der Waals surface area contributed by atoms with Gasteiger partial charge in [-0.1, -0.05) is 57.5 Å². The fourth-order valence-corrected chi connectivity index (χ4v) is 12.5. The molecule has 0 spiro atoms. The van der Waals surface area contributed by atoms with Crippen LogP contribution in [0.5, 0.6) is 0 Å². The predicted octanol–water partition coefficient (Wildman–Crippen LogP) is 7.88. The third kappa shape index (κ3) is 5.29. The summed E-state index contributed by atoms with van der Waals surface area (Å²) in [6.45, 7) is 9.49. The predicted molar refractivity (Wildman–Crippen MR) is 165 cm³/mol. The van der Waals surface area contributed by atoms with Gasteiger partial charge in [0.2, 0.25) is 0 Å². The molecule has 0 aliphatic heterocycles. The summed E-state index contributed by atoms with van der Waals surface area (Å²) in [6.07, 6.45) is 15.3. The van der Waals surface area contributed by atoms with E-state index in [2.05, 4.69) is 33.8 Å². The molecule has 0 radical (unpaired) electrons. The van der Waals surface area contributed by atoms with Crippen molar-refractivity contribution < 1.29 is 18.6 Å². The molecule has 2 N–H and O–H groups in total. The van der Waals surface area contributed by atoms with E-state index in [1.165, 1.54) is 24.8 Å². The Morgan fingerprint density at radius 2 is 1.59 bits per heavy atom. The number of aliphatic hydroxyl groups is 2. The van der Waals surface area contributed by atoms with E-state index in [0.717, 1.165) is 44.9 Å². The van der Waals surface area contributed by atoms with Crippen LogP contribution in [0.3, 0.4) is 0 Å². The maximum absolute atomic E-state index is 14.2. The van der Waals surface area contributed by atoms with Gasteiger partial charge in [-0.3, -0.25) is 0 Å². The van der Waals surface area contributed by atoms with Crippen LogP contribution in [0.15, 0.2) is 46.9 Å². The molecular formula is C36H54O4S. The minimum atomic E-state index is -3.57. The molecule has 7 unspecified atom stereocenters. The lowest BCUT2D eigenvalue weighted by Gasteiger charge is -2.58. The number of hydrogen-bond donors (Lipinski definition) is 2. The minimum Gasteiger partial charge on any atom is -0.393 e. The average Bonchev–Trinajstić information content (AvgIpc) is 3.27. The number of sulfone groups is 1. The molecule has 0 saturated heterocycles. The second-order valence-electron chi connectivity index (χ2n) is 16.3. The highest BCUT2D eigenvalue weighted by Gasteiger charge is 2.59. The number of fused-ring (bicyclic) bond motifs is 5. The topological polar surface area (TPSA) is 74.6 Å². The molecule has 4 nitrogen and oxygen atoms in total. The summed E-state index contributed by atoms with van der Waals surface area (Å²) in [5.74, 6) is 2.34. The summed E-state index contributed by atoms with van der Waals surface area (Å²) in [6, 6.07) is 9.02. The van der Waals surface area contributed by atoms with E-state index < -0.39 is 20.7 Å². The van der Waals surface area contributed by atoms with Crippen molar-refractivity contribution in [1.29, 1.82) is 0 Å². The molecule has 4 saturated carbocycles. The first-order chi connectivity index (χ1) is 19.3. The summed E-state index contributed by atoms with van der Waals surface area (Å²) in [5, 5.41) is 21.6. The smallest absolute Gasteiger partial charge is 0.181 e. The van der Waals surface area contributed by atoms with Crippen LogP contribution in [0.25, 0.3) is 0 Å². The Labute approximate surface area is 249 Å². The van der Waals surface area contributed by atoms with Gasteiger partial charge in [-0.25, -0.2) is 8.42 Å². The number of aliphatic hydroxyl groups excluding tert-OH is 1. The van der Waals surface area contributed by atoms with E-state index in [-0.39, 0.29) is 22.3 Å². The van der Waals surface area contributed by atoms with E-state index >= 15 is 0 Å². The molecule has 5 aliphatic rings. The quantitative estimate of drug-likeness (QED) is 0.335. The fraction of sp³-hybridized carbons (Fsp3) is 0.778. The molecular weight excluding hydrogens is 528 g/mol. The number of allylic oxidation sites excluding steroid dienone is 1. The molecule has 41 heavy (non-hydrogen) atoms. The number of benzene rings is 1. The zero-order chi connectivity index (χ0) is 29.3. The minimum absolute atomic E-state index is 0.151. The van der Waals surface area contributed by atoms with Gasteiger partial charge in [0, 0.05) is 0 Å². The third-order valence-electron chi connectivity index (χ3n) is 13.5. The van der Waals surface area contributed by atoms with Crippen molar-refractivity contribution in [3.8, 4) is 0 Å². The van der Waals surface area contributed by atoms with E-state index in [9.17, 15) is 18.6 Å². The van der Waals surface area contributed by atoms with Crippen LogP contribution in [-0.4, -0.2) is 35.6 Å². The Balaban J connectivity index is 1.26. The lowest BCUT2D eigenvalue weighted by molar-refractivity contribution is -0.0541. The Morgan fingerprint density at radius 3 is 2.29 bits per heavy atom. The zero-order valence-corrected chi connectivity index (χ0v) is 26.8. The van der Waals surface area contributed by atoms with Gasteiger partial charge in [-0.05, 0) is 142 Å². The van der Waals surface area contributed by atoms with Gasteiger partial charge in [0.15, 0.2) is 9.84 Å². The fourth-order valence-electron chi connectivity index (χ4n) is 10.6. The molecule has 228 valence electrons. The second-order valence-corrected chi connectivity index (χ2v) is 18.5. The molecule has 0 bridgehead atoms. The lowest BCUT2D eigenvalue weighted by atomic mass is 9.47. The van der Waals surface area contributed by atoms with Gasteiger partial charge >= 0.3 is 0 Å². The molecule has 0 heterocycles. The summed E-state index contributed by atoms with van der Waals surface area (Å²) in [7, 11) is -3.57. The first-order valence-electron chi connectivity index (χ1n) is 16.6. The highest BCUT2D eigenvalue weighted by Crippen LogP contribution is 2.67. The van der Waals surface area contributed by atoms with Crippen molar-refractivity contribution in [2.24, 2.45) is 39.9 Å². The summed E-state index contributed by atoms with van der Waals surface area (Å²) in [4.78, 5) is 0.408. The highest BCUT2D eigenvalue weighted by atomic mass is 32.2. The average molecular weight is 583 g/mol. The van der Waals surface area contributed by atoms with Gasteiger partial charge in [-0.2, -0.15) is 0 Å². The molecule has 5 aliphatic carbocycles. The molecule has 0 aromatic heterocycles. The maximum Gasteiger partial charge on any atom is 0.181 e. The summed E-state index contributed by atoms with van der Waals surface area (Å²) in [5.41, 5.74) is 1.20. The molecule has 1 aromatic rings. The van der Waals surface area contributed by atoms with Gasteiger partial charge in [0.1, 0.15) is 0 Å². The maximum atomic E-state index is 14.2. The van der Waals surface area contributed by atoms with E-state index in [1.807, 2.05) is 18.2 Å². The Hall–Kier alpha value is -1.17. The largest absolute Gasteiger partial charge is 0.393 e. The van der Waals surface area contributed by atoms with Crippen LogP contribution in [0.4, 0.5) is 0 Å². The first kappa shape index (κ1) is 29.9. The standard InChI is InChI=1S/C36H54O4S/c1-33(2)18-20-36(38,21-19-33)24-29(41(39,40)28-8-6-5-7-9-28)23-26-11-13-31-30-12-10-25-22-27(37)14-16-34(25,3)32(30)15-17-35(26,31)4/h5-10,26-27,29-32,37-38H,11-24H2,1-4H3/t26-,27?,29?,30?,31?,32?,34?,35?/m1/s1. The number of rotatable bonds is 6. The van der Waals surface area contributed by atoms with Crippen LogP contribution in [0.2, 0.25) is 0 Å². The van der Waals surface area contributed by atoms with Crippen LogP contribution in [0.1, 0.15) is 118 Å². The monoisotopic (exact) mass is 582 g/mol. The van der Waals surface area contributed by atoms with Gasteiger partial charge < -0.3 is 10.2 Å². The van der Waals surface area contributed by atoms with Crippen LogP contribution in [0, 0.1) is 39.9 Å². The van der Waals surface area contributed by atoms with Crippen LogP contribution >= 0.6 is 0 Å². The molecule has 5 heteroatoms. The Kier molecular flexibility index (Phi) is 7.64. The molecule has 6 rings (SSSR count). The van der Waals surface area contributed by atoms with E-state index in [0.29, 0.717) is 54.3 Å². The van der Waals surface area contributed by atoms with Crippen molar-refractivity contribution in [2.75, 3.05) is 0 Å². The van der Waals surface area contributed by atoms with Crippen LogP contribution in [-0.2, 0) is 9.84 Å². The first-order valence-corrected chi connectivity index (χ1v) is 18.2. The zero-order valence-electron chi connectivity index (χ0n) is 25.9. The van der Waals surface area contributed by atoms with Crippen LogP contribution < -0.4 is 0 Å². The molecule has 0 amide bonds. The second kappa shape index (κ2) is 10.5. The Morgan fingerprint density at radius 1 is 0.878 bits per heavy atom. The Bertz CT molecular complexity index is 1240. The van der Waals surface area contributed by atoms with Crippen molar-refractivity contribution >= 4 is 9.84 Å². The number of hydrogen-bond acceptors (Lipinski definition) is 4. The highest BCUT2D eigenvalue weighted by molar-refractivity contribution is 7.92. The lowest BCUT2D eigenvalue weighted by Crippen LogP contribution is -2.50. The third-order valence-corrected chi connectivity index (χ3v) is 15.6. The SMILES string of the molecule is CC1(C)CCC(O)(CC(C[C@H]2CCC3C4CC=C5CC(O)CCC5(C)C4CCC32C)S(=O)(=O)c2ccccc2)CC1. The van der Waals surface area contributed by atoms with Crippen molar-refractivity contribution in [3.05, 3.63) is 42.0 Å². The van der Waals surface area contributed by atoms with E-state index in [4.69, 9.17) is 0 Å². The van der Waals surface area contributed by atoms with Crippen molar-refractivity contribution in [1.82, 2.24) is 0 Å². The van der Waals surface area contributed by atoms with Gasteiger partial charge in [0.25, 0.3) is 0 Å². The van der Waals surface area contributed by atoms with Crippen molar-refractivity contribution in [3.63, 3.8) is 0 Å². The van der Waals surface area contributed by atoms with Crippen molar-refractivity contribution in [2.45, 2.75) is 139 Å². The van der Waals surface area contributed by atoms with E-state index in [1.54, 1.807) is 12.1 Å². The molecule has 8 atom stereocenters. The normalized spacial score (nSPS) is 40.5. The van der Waals surface area contributed by atoms with Gasteiger partial charge in [-0.15, -0.1) is 0 Å². The molecule has 1 aromatic carbocycles. The summed E-state index contributed by atoms with van der Waals surface area (Å²) < 4.78 is 28.5.